The number of anilines is 1. The molecule has 1 heterocycles. The number of carboxylic acid groups (broad SMARTS) is 1. The molecule has 0 saturated heterocycles. The maximum absolute atomic E-state index is 13.3. The van der Waals surface area contributed by atoms with E-state index in [1.807, 2.05) is 27.7 Å². The number of rotatable bonds is 12. The van der Waals surface area contributed by atoms with Crippen LogP contribution < -0.4 is 9.64 Å². The van der Waals surface area contributed by atoms with Crippen LogP contribution in [0.3, 0.4) is 0 Å². The fourth-order valence-corrected chi connectivity index (χ4v) is 3.82. The number of amides is 3. The van der Waals surface area contributed by atoms with Gasteiger partial charge in [-0.2, -0.15) is 0 Å². The lowest BCUT2D eigenvalue weighted by atomic mass is 10.1. The molecule has 0 aliphatic heterocycles. The summed E-state index contributed by atoms with van der Waals surface area (Å²) >= 11 is 6.25. The van der Waals surface area contributed by atoms with E-state index in [9.17, 15) is 19.5 Å². The third-order valence-electron chi connectivity index (χ3n) is 5.47. The van der Waals surface area contributed by atoms with E-state index in [1.165, 1.54) is 12.4 Å². The number of carbonyl (C=O) groups is 3. The van der Waals surface area contributed by atoms with Gasteiger partial charge >= 0.3 is 6.09 Å². The molecule has 0 fully saturated rings. The molecule has 0 aliphatic carbocycles. The quantitative estimate of drug-likeness (QED) is 0.459. The topological polar surface area (TPSA) is 103 Å². The highest BCUT2D eigenvalue weighted by molar-refractivity contribution is 6.31. The highest BCUT2D eigenvalue weighted by atomic mass is 35.5. The third-order valence-corrected chi connectivity index (χ3v) is 5.69. The Bertz CT molecular complexity index is 999. The Morgan fingerprint density at radius 3 is 2.29 bits per heavy atom. The molecule has 0 unspecified atom stereocenters. The molecule has 35 heavy (non-hydrogen) atoms. The van der Waals surface area contributed by atoms with E-state index in [0.717, 1.165) is 4.90 Å². The second-order valence-electron chi connectivity index (χ2n) is 8.07. The molecule has 0 bridgehead atoms. The smallest absolute Gasteiger partial charge is 0.411 e. The van der Waals surface area contributed by atoms with Gasteiger partial charge in [0.2, 0.25) is 5.91 Å². The molecule has 10 heteroatoms. The highest BCUT2D eigenvalue weighted by Gasteiger charge is 2.22. The molecule has 2 rings (SSSR count). The maximum Gasteiger partial charge on any atom is 0.411 e. The van der Waals surface area contributed by atoms with Crippen molar-refractivity contribution in [2.45, 2.75) is 40.2 Å². The number of aromatic nitrogens is 1. The molecule has 0 spiro atoms. The lowest BCUT2D eigenvalue weighted by Gasteiger charge is -2.28. The van der Waals surface area contributed by atoms with Crippen molar-refractivity contribution in [2.24, 2.45) is 0 Å². The number of carbonyl (C=O) groups excluding carboxylic acids is 2. The Morgan fingerprint density at radius 2 is 1.71 bits per heavy atom. The summed E-state index contributed by atoms with van der Waals surface area (Å²) in [5.41, 5.74) is 0.811. The SMILES string of the molecule is CCN(CC)C(=O)CCN(C(=O)c1cc(Cl)cc(OCCN(C(=O)O)c2ccncc2)c1)C(C)C. The first-order valence-corrected chi connectivity index (χ1v) is 12.0. The fourth-order valence-electron chi connectivity index (χ4n) is 3.59. The molecule has 1 aromatic carbocycles. The normalized spacial score (nSPS) is 10.7. The molecule has 0 saturated carbocycles. The molecule has 0 atom stereocenters. The van der Waals surface area contributed by atoms with Crippen LogP contribution in [0.5, 0.6) is 5.75 Å². The van der Waals surface area contributed by atoms with Gasteiger partial charge in [-0.15, -0.1) is 0 Å². The number of pyridine rings is 1. The van der Waals surface area contributed by atoms with Crippen LogP contribution in [-0.2, 0) is 4.79 Å². The number of hydrogen-bond donors (Lipinski definition) is 1. The number of benzene rings is 1. The Balaban J connectivity index is 2.09. The molecule has 9 nitrogen and oxygen atoms in total. The van der Waals surface area contributed by atoms with E-state index in [-0.39, 0.29) is 44.0 Å². The monoisotopic (exact) mass is 504 g/mol. The van der Waals surface area contributed by atoms with Crippen LogP contribution in [0, 0.1) is 0 Å². The van der Waals surface area contributed by atoms with E-state index in [1.54, 1.807) is 40.1 Å². The van der Waals surface area contributed by atoms with Crippen molar-refractivity contribution in [1.82, 2.24) is 14.8 Å². The minimum Gasteiger partial charge on any atom is -0.492 e. The number of ether oxygens (including phenoxy) is 1. The molecule has 1 N–H and O–H groups in total. The van der Waals surface area contributed by atoms with E-state index in [0.29, 0.717) is 35.1 Å². The summed E-state index contributed by atoms with van der Waals surface area (Å²) in [6, 6.07) is 7.76. The van der Waals surface area contributed by atoms with Gasteiger partial charge in [0.25, 0.3) is 5.91 Å². The van der Waals surface area contributed by atoms with Crippen molar-refractivity contribution < 1.29 is 24.2 Å². The van der Waals surface area contributed by atoms with Crippen molar-refractivity contribution >= 4 is 35.2 Å². The van der Waals surface area contributed by atoms with Gasteiger partial charge in [-0.3, -0.25) is 19.5 Å². The molecular formula is C25H33ClN4O5. The summed E-state index contributed by atoms with van der Waals surface area (Å²) in [6.07, 6.45) is 2.14. The van der Waals surface area contributed by atoms with Crippen LogP contribution in [0.25, 0.3) is 0 Å². The lowest BCUT2D eigenvalue weighted by molar-refractivity contribution is -0.131. The van der Waals surface area contributed by atoms with Gasteiger partial charge in [-0.05, 0) is 58.0 Å². The Labute approximate surface area is 211 Å². The summed E-state index contributed by atoms with van der Waals surface area (Å²) in [5.74, 6) is 0.0910. The van der Waals surface area contributed by atoms with E-state index in [2.05, 4.69) is 4.98 Å². The zero-order chi connectivity index (χ0) is 26.0. The minimum atomic E-state index is -1.12. The molecular weight excluding hydrogens is 472 g/mol. The van der Waals surface area contributed by atoms with Crippen LogP contribution in [0.15, 0.2) is 42.7 Å². The highest BCUT2D eigenvalue weighted by Crippen LogP contribution is 2.23. The standard InChI is InChI=1S/C25H33ClN4O5/c1-5-28(6-2)23(31)9-12-29(18(3)4)24(32)19-15-20(26)17-22(16-19)35-14-13-30(25(33)34)21-7-10-27-11-8-21/h7-8,10-11,15-18H,5-6,9,12-14H2,1-4H3,(H,33,34). The van der Waals surface area contributed by atoms with Gasteiger partial charge in [-0.25, -0.2) is 4.79 Å². The summed E-state index contributed by atoms with van der Waals surface area (Å²) in [6.45, 7) is 9.28. The second-order valence-corrected chi connectivity index (χ2v) is 8.51. The zero-order valence-electron chi connectivity index (χ0n) is 20.6. The summed E-state index contributed by atoms with van der Waals surface area (Å²) < 4.78 is 5.74. The van der Waals surface area contributed by atoms with Crippen molar-refractivity contribution in [3.63, 3.8) is 0 Å². The molecule has 0 radical (unpaired) electrons. The molecule has 190 valence electrons. The van der Waals surface area contributed by atoms with E-state index in [4.69, 9.17) is 16.3 Å². The first-order valence-electron chi connectivity index (χ1n) is 11.6. The molecule has 3 amide bonds. The summed E-state index contributed by atoms with van der Waals surface area (Å²) in [5, 5.41) is 9.82. The van der Waals surface area contributed by atoms with Gasteiger partial charge in [0.15, 0.2) is 0 Å². The largest absolute Gasteiger partial charge is 0.492 e. The van der Waals surface area contributed by atoms with Crippen molar-refractivity contribution in [3.8, 4) is 5.75 Å². The van der Waals surface area contributed by atoms with Crippen molar-refractivity contribution in [2.75, 3.05) is 37.7 Å². The first-order chi connectivity index (χ1) is 16.7. The van der Waals surface area contributed by atoms with Crippen LogP contribution >= 0.6 is 11.6 Å². The van der Waals surface area contributed by atoms with E-state index < -0.39 is 6.09 Å². The molecule has 1 aromatic heterocycles. The average molecular weight is 505 g/mol. The maximum atomic E-state index is 13.3. The first kappa shape index (κ1) is 27.9. The zero-order valence-corrected chi connectivity index (χ0v) is 21.4. The predicted octanol–water partition coefficient (Wildman–Crippen LogP) is 4.41. The van der Waals surface area contributed by atoms with E-state index >= 15 is 0 Å². The molecule has 2 aromatic rings. The third kappa shape index (κ3) is 8.13. The lowest BCUT2D eigenvalue weighted by Crippen LogP contribution is -2.40. The number of hydrogen-bond acceptors (Lipinski definition) is 5. The molecule has 0 aliphatic rings. The van der Waals surface area contributed by atoms with Gasteiger partial charge in [0, 0.05) is 55.1 Å². The summed E-state index contributed by atoms with van der Waals surface area (Å²) in [4.78, 5) is 45.7. The van der Waals surface area contributed by atoms with Crippen LogP contribution in [-0.4, -0.2) is 76.6 Å². The number of nitrogens with zero attached hydrogens (tertiary/aromatic N) is 4. The van der Waals surface area contributed by atoms with Crippen molar-refractivity contribution in [3.05, 3.63) is 53.3 Å². The minimum absolute atomic E-state index is 0.000693. The Kier molecular flexibility index (Phi) is 10.8. The fraction of sp³-hybridized carbons (Fsp3) is 0.440. The Morgan fingerprint density at radius 1 is 1.06 bits per heavy atom. The number of halogens is 1. The van der Waals surface area contributed by atoms with Gasteiger partial charge in [0.05, 0.1) is 12.2 Å². The van der Waals surface area contributed by atoms with Gasteiger partial charge < -0.3 is 19.6 Å². The Hall–Kier alpha value is -3.33. The average Bonchev–Trinajstić information content (AvgIpc) is 2.82. The van der Waals surface area contributed by atoms with Gasteiger partial charge in [0.1, 0.15) is 12.4 Å². The second kappa shape index (κ2) is 13.5. The van der Waals surface area contributed by atoms with Crippen LogP contribution in [0.1, 0.15) is 44.5 Å². The van der Waals surface area contributed by atoms with Crippen molar-refractivity contribution in [1.29, 1.82) is 0 Å². The predicted molar refractivity (Wildman–Crippen MR) is 135 cm³/mol. The summed E-state index contributed by atoms with van der Waals surface area (Å²) in [7, 11) is 0. The van der Waals surface area contributed by atoms with Gasteiger partial charge in [-0.1, -0.05) is 11.6 Å². The van der Waals surface area contributed by atoms with Crippen LogP contribution in [0.2, 0.25) is 5.02 Å². The van der Waals surface area contributed by atoms with Crippen LogP contribution in [0.4, 0.5) is 10.5 Å².